The maximum atomic E-state index is 5.17. The maximum Gasteiger partial charge on any atom is 0.115 e. The number of ether oxygens (including phenoxy) is 1. The summed E-state index contributed by atoms with van der Waals surface area (Å²) in [5, 5.41) is 4.78. The van der Waals surface area contributed by atoms with Crippen molar-refractivity contribution in [2.75, 3.05) is 20.3 Å². The molecule has 0 saturated heterocycles. The van der Waals surface area contributed by atoms with Gasteiger partial charge in [0.15, 0.2) is 0 Å². The van der Waals surface area contributed by atoms with Crippen molar-refractivity contribution < 1.29 is 4.74 Å². The van der Waals surface area contributed by atoms with Crippen molar-refractivity contribution >= 4 is 11.3 Å². The van der Waals surface area contributed by atoms with Crippen molar-refractivity contribution in [1.82, 2.24) is 10.3 Å². The van der Waals surface area contributed by atoms with Crippen LogP contribution in [0.4, 0.5) is 0 Å². The van der Waals surface area contributed by atoms with Crippen molar-refractivity contribution in [2.45, 2.75) is 31.7 Å². The lowest BCUT2D eigenvalue weighted by molar-refractivity contribution is 0.197. The summed E-state index contributed by atoms with van der Waals surface area (Å²) in [5.41, 5.74) is 2.61. The second-order valence-electron chi connectivity index (χ2n) is 5.42. The smallest absolute Gasteiger partial charge is 0.115 e. The molecular weight excluding hydrogens is 280 g/mol. The predicted octanol–water partition coefficient (Wildman–Crippen LogP) is 3.35. The van der Waals surface area contributed by atoms with E-state index in [4.69, 9.17) is 9.72 Å². The Balaban J connectivity index is 1.85. The number of thiazole rings is 1. The highest BCUT2D eigenvalue weighted by atomic mass is 32.1. The lowest BCUT2D eigenvalue weighted by Gasteiger charge is -2.16. The van der Waals surface area contributed by atoms with E-state index in [1.165, 1.54) is 40.4 Å². The fraction of sp³-hybridized carbons (Fsp3) is 0.471. The van der Waals surface area contributed by atoms with Crippen molar-refractivity contribution in [3.05, 3.63) is 51.5 Å². The lowest BCUT2D eigenvalue weighted by atomic mass is 10.0. The highest BCUT2D eigenvalue weighted by Crippen LogP contribution is 2.32. The van der Waals surface area contributed by atoms with Gasteiger partial charge in [-0.05, 0) is 31.2 Å². The summed E-state index contributed by atoms with van der Waals surface area (Å²) in [7, 11) is 1.74. The number of benzene rings is 1. The SMILES string of the molecule is COCCNC(c1ccccc1)c1nc2c(s1)CCCC2. The van der Waals surface area contributed by atoms with Crippen LogP contribution in [0.15, 0.2) is 30.3 Å². The van der Waals surface area contributed by atoms with Crippen LogP contribution in [0.1, 0.15) is 40.0 Å². The number of aryl methyl sites for hydroxylation is 2. The molecule has 3 rings (SSSR count). The van der Waals surface area contributed by atoms with Gasteiger partial charge in [0.2, 0.25) is 0 Å². The Labute approximate surface area is 130 Å². The maximum absolute atomic E-state index is 5.17. The fourth-order valence-corrected chi connectivity index (χ4v) is 4.05. The quantitative estimate of drug-likeness (QED) is 0.831. The van der Waals surface area contributed by atoms with Crippen LogP contribution in [0.2, 0.25) is 0 Å². The molecule has 112 valence electrons. The normalized spacial score (nSPS) is 15.7. The van der Waals surface area contributed by atoms with E-state index in [1.807, 2.05) is 11.3 Å². The van der Waals surface area contributed by atoms with Gasteiger partial charge in [0, 0.05) is 18.5 Å². The second kappa shape index (κ2) is 7.16. The minimum atomic E-state index is 0.178. The topological polar surface area (TPSA) is 34.1 Å². The zero-order valence-corrected chi connectivity index (χ0v) is 13.3. The molecule has 1 N–H and O–H groups in total. The monoisotopic (exact) mass is 302 g/mol. The standard InChI is InChI=1S/C17H22N2OS/c1-20-12-11-18-16(13-7-3-2-4-8-13)17-19-14-9-5-6-10-15(14)21-17/h2-4,7-8,16,18H,5-6,9-12H2,1H3. The number of hydrogen-bond acceptors (Lipinski definition) is 4. The van der Waals surface area contributed by atoms with Gasteiger partial charge in [0.25, 0.3) is 0 Å². The van der Waals surface area contributed by atoms with Gasteiger partial charge in [-0.2, -0.15) is 0 Å². The van der Waals surface area contributed by atoms with Gasteiger partial charge < -0.3 is 10.1 Å². The molecule has 0 aliphatic heterocycles. The Morgan fingerprint density at radius 3 is 2.81 bits per heavy atom. The highest BCUT2D eigenvalue weighted by molar-refractivity contribution is 7.11. The highest BCUT2D eigenvalue weighted by Gasteiger charge is 2.21. The molecule has 0 amide bonds. The molecule has 1 aliphatic rings. The molecule has 1 heterocycles. The van der Waals surface area contributed by atoms with Crippen LogP contribution in [0, 0.1) is 0 Å². The van der Waals surface area contributed by atoms with Gasteiger partial charge in [-0.25, -0.2) is 4.98 Å². The molecular formula is C17H22N2OS. The van der Waals surface area contributed by atoms with E-state index < -0.39 is 0 Å². The molecule has 1 aromatic heterocycles. The van der Waals surface area contributed by atoms with E-state index in [9.17, 15) is 0 Å². The molecule has 2 aromatic rings. The van der Waals surface area contributed by atoms with Gasteiger partial charge in [0.1, 0.15) is 5.01 Å². The zero-order chi connectivity index (χ0) is 14.5. The van der Waals surface area contributed by atoms with Crippen LogP contribution in [0.25, 0.3) is 0 Å². The van der Waals surface area contributed by atoms with Gasteiger partial charge in [0.05, 0.1) is 18.3 Å². The molecule has 3 nitrogen and oxygen atoms in total. The van der Waals surface area contributed by atoms with Crippen LogP contribution >= 0.6 is 11.3 Å². The molecule has 0 bridgehead atoms. The number of nitrogens with zero attached hydrogens (tertiary/aromatic N) is 1. The summed E-state index contributed by atoms with van der Waals surface area (Å²) < 4.78 is 5.17. The number of aromatic nitrogens is 1. The summed E-state index contributed by atoms with van der Waals surface area (Å²) >= 11 is 1.88. The number of fused-ring (bicyclic) bond motifs is 1. The van der Waals surface area contributed by atoms with E-state index in [-0.39, 0.29) is 6.04 Å². The molecule has 1 aromatic carbocycles. The summed E-state index contributed by atoms with van der Waals surface area (Å²) in [4.78, 5) is 6.41. The summed E-state index contributed by atoms with van der Waals surface area (Å²) in [6.07, 6.45) is 4.93. The number of hydrogen-bond donors (Lipinski definition) is 1. The van der Waals surface area contributed by atoms with Crippen LogP contribution in [-0.2, 0) is 17.6 Å². The molecule has 0 saturated carbocycles. The van der Waals surface area contributed by atoms with E-state index in [0.717, 1.165) is 13.0 Å². The van der Waals surface area contributed by atoms with Crippen molar-refractivity contribution in [3.8, 4) is 0 Å². The summed E-state index contributed by atoms with van der Waals surface area (Å²) in [6, 6.07) is 10.8. The van der Waals surface area contributed by atoms with E-state index >= 15 is 0 Å². The van der Waals surface area contributed by atoms with Crippen molar-refractivity contribution in [3.63, 3.8) is 0 Å². The Morgan fingerprint density at radius 2 is 2.05 bits per heavy atom. The summed E-state index contributed by atoms with van der Waals surface area (Å²) in [6.45, 7) is 1.55. The van der Waals surface area contributed by atoms with E-state index in [2.05, 4.69) is 35.6 Å². The number of nitrogens with one attached hydrogen (secondary N) is 1. The Hall–Kier alpha value is -1.23. The van der Waals surface area contributed by atoms with Crippen molar-refractivity contribution in [1.29, 1.82) is 0 Å². The molecule has 21 heavy (non-hydrogen) atoms. The third-order valence-corrected chi connectivity index (χ3v) is 5.12. The van der Waals surface area contributed by atoms with Crippen molar-refractivity contribution in [2.24, 2.45) is 0 Å². The fourth-order valence-electron chi connectivity index (χ4n) is 2.79. The Bertz CT molecular complexity index is 544. The largest absolute Gasteiger partial charge is 0.383 e. The Kier molecular flexibility index (Phi) is 5.01. The minimum Gasteiger partial charge on any atom is -0.383 e. The first-order valence-corrected chi connectivity index (χ1v) is 8.46. The van der Waals surface area contributed by atoms with E-state index in [0.29, 0.717) is 6.61 Å². The van der Waals surface area contributed by atoms with Crippen LogP contribution in [-0.4, -0.2) is 25.2 Å². The van der Waals surface area contributed by atoms with Gasteiger partial charge in [-0.1, -0.05) is 30.3 Å². The third kappa shape index (κ3) is 3.51. The summed E-state index contributed by atoms with van der Waals surface area (Å²) in [5.74, 6) is 0. The molecule has 0 radical (unpaired) electrons. The van der Waals surface area contributed by atoms with Crippen LogP contribution in [0.3, 0.4) is 0 Å². The predicted molar refractivity (Wildman–Crippen MR) is 86.9 cm³/mol. The first kappa shape index (κ1) is 14.7. The first-order chi connectivity index (χ1) is 10.4. The zero-order valence-electron chi connectivity index (χ0n) is 12.5. The van der Waals surface area contributed by atoms with Crippen LogP contribution in [0.5, 0.6) is 0 Å². The number of rotatable bonds is 6. The Morgan fingerprint density at radius 1 is 1.24 bits per heavy atom. The molecule has 0 fully saturated rings. The minimum absolute atomic E-state index is 0.178. The average Bonchev–Trinajstić information content (AvgIpc) is 2.96. The molecule has 0 spiro atoms. The van der Waals surface area contributed by atoms with Gasteiger partial charge in [-0.3, -0.25) is 0 Å². The second-order valence-corrected chi connectivity index (χ2v) is 6.53. The molecule has 1 aliphatic carbocycles. The average molecular weight is 302 g/mol. The van der Waals surface area contributed by atoms with Crippen LogP contribution < -0.4 is 5.32 Å². The molecule has 1 atom stereocenters. The molecule has 1 unspecified atom stereocenters. The van der Waals surface area contributed by atoms with Gasteiger partial charge >= 0.3 is 0 Å². The first-order valence-electron chi connectivity index (χ1n) is 7.64. The third-order valence-electron chi connectivity index (χ3n) is 3.90. The lowest BCUT2D eigenvalue weighted by Crippen LogP contribution is -2.25. The van der Waals surface area contributed by atoms with Gasteiger partial charge in [-0.15, -0.1) is 11.3 Å². The van der Waals surface area contributed by atoms with E-state index in [1.54, 1.807) is 7.11 Å². The molecule has 4 heteroatoms. The number of methoxy groups -OCH3 is 1.